The van der Waals surface area contributed by atoms with Crippen molar-refractivity contribution < 1.29 is 8.60 Å². The third kappa shape index (κ3) is 3.63. The minimum absolute atomic E-state index is 0.292. The molecule has 3 nitrogen and oxygen atoms in total. The number of hydrogen-bond donors (Lipinski definition) is 1. The van der Waals surface area contributed by atoms with E-state index in [1.165, 1.54) is 12.1 Å². The van der Waals surface area contributed by atoms with Crippen LogP contribution < -0.4 is 5.32 Å². The summed E-state index contributed by atoms with van der Waals surface area (Å²) >= 11 is 0. The van der Waals surface area contributed by atoms with Crippen molar-refractivity contribution in [1.29, 1.82) is 5.26 Å². The second-order valence-corrected chi connectivity index (χ2v) is 5.03. The van der Waals surface area contributed by atoms with Crippen LogP contribution in [0.25, 0.3) is 0 Å². The van der Waals surface area contributed by atoms with Crippen LogP contribution in [0.3, 0.4) is 0 Å². The Bertz CT molecular complexity index is 428. The van der Waals surface area contributed by atoms with Crippen LogP contribution >= 0.6 is 0 Å². The van der Waals surface area contributed by atoms with Crippen molar-refractivity contribution in [3.8, 4) is 6.07 Å². The average molecular weight is 240 g/mol. The van der Waals surface area contributed by atoms with E-state index >= 15 is 0 Å². The number of nitriles is 1. The summed E-state index contributed by atoms with van der Waals surface area (Å²) in [5.74, 6) is 0.648. The van der Waals surface area contributed by atoms with Crippen LogP contribution in [0.5, 0.6) is 0 Å². The van der Waals surface area contributed by atoms with Crippen molar-refractivity contribution in [2.24, 2.45) is 0 Å². The topological polar surface area (TPSA) is 52.9 Å². The molecular weight excluding hydrogens is 227 g/mol. The van der Waals surface area contributed by atoms with E-state index in [0.29, 0.717) is 29.3 Å². The fourth-order valence-corrected chi connectivity index (χ4v) is 1.79. The predicted molar refractivity (Wildman–Crippen MR) is 63.2 cm³/mol. The number of nitrogens with zero attached hydrogens (tertiary/aromatic N) is 1. The van der Waals surface area contributed by atoms with Gasteiger partial charge in [0.2, 0.25) is 0 Å². The zero-order valence-corrected chi connectivity index (χ0v) is 9.81. The third-order valence-corrected chi connectivity index (χ3v) is 3.37. The third-order valence-electron chi connectivity index (χ3n) is 2.07. The standard InChI is InChI=1S/C11H13FN2OS/c1-2-16(15)6-5-14-11-4-3-9(8-13)7-10(11)12/h3-4,7,14H,2,5-6H2,1H3. The van der Waals surface area contributed by atoms with Crippen LogP contribution in [0.1, 0.15) is 12.5 Å². The molecule has 0 aliphatic rings. The highest BCUT2D eigenvalue weighted by Gasteiger charge is 2.03. The van der Waals surface area contributed by atoms with Crippen molar-refractivity contribution in [1.82, 2.24) is 0 Å². The quantitative estimate of drug-likeness (QED) is 0.855. The summed E-state index contributed by atoms with van der Waals surface area (Å²) in [5.41, 5.74) is 0.632. The Hall–Kier alpha value is -1.41. The first-order valence-electron chi connectivity index (χ1n) is 4.96. The summed E-state index contributed by atoms with van der Waals surface area (Å²) in [6.45, 7) is 2.31. The Balaban J connectivity index is 2.55. The highest BCUT2D eigenvalue weighted by Crippen LogP contribution is 2.14. The van der Waals surface area contributed by atoms with Crippen LogP contribution in [-0.4, -0.2) is 22.3 Å². The zero-order chi connectivity index (χ0) is 12.0. The Labute approximate surface area is 96.7 Å². The largest absolute Gasteiger partial charge is 0.382 e. The molecular formula is C11H13FN2OS. The monoisotopic (exact) mass is 240 g/mol. The van der Waals surface area contributed by atoms with Crippen LogP contribution in [-0.2, 0) is 10.8 Å². The lowest BCUT2D eigenvalue weighted by Crippen LogP contribution is -2.12. The molecule has 0 heterocycles. The fourth-order valence-electron chi connectivity index (χ4n) is 1.17. The van der Waals surface area contributed by atoms with Gasteiger partial charge >= 0.3 is 0 Å². The maximum atomic E-state index is 13.4. The molecule has 0 aromatic heterocycles. The minimum atomic E-state index is -0.851. The Morgan fingerprint density at radius 1 is 1.56 bits per heavy atom. The second kappa shape index (κ2) is 6.23. The van der Waals surface area contributed by atoms with E-state index in [4.69, 9.17) is 5.26 Å². The van der Waals surface area contributed by atoms with E-state index in [9.17, 15) is 8.60 Å². The summed E-state index contributed by atoms with van der Waals surface area (Å²) < 4.78 is 24.5. The Kier molecular flexibility index (Phi) is 4.93. The number of rotatable bonds is 5. The minimum Gasteiger partial charge on any atom is -0.382 e. The maximum absolute atomic E-state index is 13.4. The van der Waals surface area contributed by atoms with Crippen LogP contribution in [0.2, 0.25) is 0 Å². The van der Waals surface area contributed by atoms with Gasteiger partial charge in [0.15, 0.2) is 0 Å². The van der Waals surface area contributed by atoms with Gasteiger partial charge in [-0.3, -0.25) is 4.21 Å². The van der Waals surface area contributed by atoms with E-state index < -0.39 is 16.6 Å². The van der Waals surface area contributed by atoms with E-state index in [-0.39, 0.29) is 0 Å². The smallest absolute Gasteiger partial charge is 0.147 e. The van der Waals surface area contributed by atoms with E-state index in [2.05, 4.69) is 5.32 Å². The van der Waals surface area contributed by atoms with Gasteiger partial charge in [-0.2, -0.15) is 5.26 Å². The summed E-state index contributed by atoms with van der Waals surface area (Å²) in [6.07, 6.45) is 0. The van der Waals surface area contributed by atoms with E-state index in [1.54, 1.807) is 6.07 Å². The summed E-state index contributed by atoms with van der Waals surface area (Å²) in [6, 6.07) is 6.10. The Morgan fingerprint density at radius 2 is 2.31 bits per heavy atom. The molecule has 16 heavy (non-hydrogen) atoms. The Morgan fingerprint density at radius 3 is 2.88 bits per heavy atom. The average Bonchev–Trinajstić information content (AvgIpc) is 2.30. The molecule has 0 radical (unpaired) electrons. The van der Waals surface area contributed by atoms with Crippen LogP contribution in [0, 0.1) is 17.1 Å². The molecule has 0 spiro atoms. The molecule has 1 N–H and O–H groups in total. The van der Waals surface area contributed by atoms with Crippen LogP contribution in [0.4, 0.5) is 10.1 Å². The summed E-state index contributed by atoms with van der Waals surface area (Å²) in [5, 5.41) is 11.4. The normalized spacial score (nSPS) is 11.8. The first kappa shape index (κ1) is 12.7. The maximum Gasteiger partial charge on any atom is 0.147 e. The van der Waals surface area contributed by atoms with Gasteiger partial charge in [-0.05, 0) is 18.2 Å². The lowest BCUT2D eigenvalue weighted by Gasteiger charge is -2.06. The van der Waals surface area contributed by atoms with Gasteiger partial charge in [0.05, 0.1) is 17.3 Å². The van der Waals surface area contributed by atoms with Crippen molar-refractivity contribution in [2.45, 2.75) is 6.92 Å². The molecule has 1 aromatic rings. The zero-order valence-electron chi connectivity index (χ0n) is 9.00. The van der Waals surface area contributed by atoms with E-state index in [1.807, 2.05) is 13.0 Å². The van der Waals surface area contributed by atoms with E-state index in [0.717, 1.165) is 0 Å². The molecule has 0 aliphatic carbocycles. The highest BCUT2D eigenvalue weighted by molar-refractivity contribution is 7.84. The van der Waals surface area contributed by atoms with Gasteiger partial charge in [0, 0.05) is 28.9 Å². The fraction of sp³-hybridized carbons (Fsp3) is 0.364. The predicted octanol–water partition coefficient (Wildman–Crippen LogP) is 1.88. The molecule has 5 heteroatoms. The van der Waals surface area contributed by atoms with Gasteiger partial charge in [0.1, 0.15) is 5.82 Å². The van der Waals surface area contributed by atoms with Gasteiger partial charge in [-0.25, -0.2) is 4.39 Å². The van der Waals surface area contributed by atoms with Crippen molar-refractivity contribution in [3.05, 3.63) is 29.6 Å². The lowest BCUT2D eigenvalue weighted by molar-refractivity contribution is 0.630. The summed E-state index contributed by atoms with van der Waals surface area (Å²) in [7, 11) is -0.851. The first-order valence-corrected chi connectivity index (χ1v) is 6.44. The molecule has 0 saturated carbocycles. The summed E-state index contributed by atoms with van der Waals surface area (Å²) in [4.78, 5) is 0. The van der Waals surface area contributed by atoms with Gasteiger partial charge in [-0.1, -0.05) is 6.92 Å². The molecule has 1 atom stereocenters. The molecule has 1 aromatic carbocycles. The molecule has 0 bridgehead atoms. The van der Waals surface area contributed by atoms with Gasteiger partial charge in [-0.15, -0.1) is 0 Å². The molecule has 1 rings (SSSR count). The van der Waals surface area contributed by atoms with Crippen molar-refractivity contribution in [3.63, 3.8) is 0 Å². The number of nitrogens with one attached hydrogen (secondary N) is 1. The number of hydrogen-bond acceptors (Lipinski definition) is 3. The molecule has 1 unspecified atom stereocenters. The number of benzene rings is 1. The highest BCUT2D eigenvalue weighted by atomic mass is 32.2. The molecule has 0 aliphatic heterocycles. The first-order chi connectivity index (χ1) is 7.67. The molecule has 0 fully saturated rings. The number of halogens is 1. The van der Waals surface area contributed by atoms with Crippen molar-refractivity contribution in [2.75, 3.05) is 23.4 Å². The van der Waals surface area contributed by atoms with Gasteiger partial charge in [0.25, 0.3) is 0 Å². The van der Waals surface area contributed by atoms with Gasteiger partial charge < -0.3 is 5.32 Å². The second-order valence-electron chi connectivity index (χ2n) is 3.17. The molecule has 86 valence electrons. The lowest BCUT2D eigenvalue weighted by atomic mass is 10.2. The molecule has 0 amide bonds. The number of anilines is 1. The van der Waals surface area contributed by atoms with Crippen LogP contribution in [0.15, 0.2) is 18.2 Å². The molecule has 0 saturated heterocycles. The SMILES string of the molecule is CCS(=O)CCNc1ccc(C#N)cc1F. The van der Waals surface area contributed by atoms with Crippen molar-refractivity contribution >= 4 is 16.5 Å².